The molecule has 7 heteroatoms. The van der Waals surface area contributed by atoms with Gasteiger partial charge in [0.1, 0.15) is 0 Å². The Balaban J connectivity index is 0.00000182. The van der Waals surface area contributed by atoms with E-state index in [2.05, 4.69) is 22.0 Å². The first-order chi connectivity index (χ1) is 12.2. The molecule has 0 spiro atoms. The predicted molar refractivity (Wildman–Crippen MR) is 115 cm³/mol. The Morgan fingerprint density at radius 3 is 2.41 bits per heavy atom. The van der Waals surface area contributed by atoms with Crippen molar-refractivity contribution in [2.45, 2.75) is 58.0 Å². The van der Waals surface area contributed by atoms with Crippen LogP contribution in [0.15, 0.2) is 0 Å². The fourth-order valence-corrected chi connectivity index (χ4v) is 4.56. The van der Waals surface area contributed by atoms with Gasteiger partial charge in [-0.1, -0.05) is 6.92 Å². The van der Waals surface area contributed by atoms with E-state index in [1.807, 2.05) is 0 Å². The van der Waals surface area contributed by atoms with Crippen LogP contribution in [0.5, 0.6) is 0 Å². The molecule has 27 heavy (non-hydrogen) atoms. The smallest absolute Gasteiger partial charge is 0.222 e. The van der Waals surface area contributed by atoms with Crippen molar-refractivity contribution in [2.24, 2.45) is 11.8 Å². The van der Waals surface area contributed by atoms with E-state index in [-0.39, 0.29) is 24.8 Å². The minimum absolute atomic E-state index is 0. The van der Waals surface area contributed by atoms with E-state index in [1.54, 1.807) is 0 Å². The first-order valence-electron chi connectivity index (χ1n) is 10.5. The molecule has 3 rings (SSSR count). The molecule has 0 saturated carbocycles. The zero-order chi connectivity index (χ0) is 17.5. The molecule has 160 valence electrons. The number of amides is 1. The topological polar surface area (TPSA) is 44.8 Å². The zero-order valence-corrected chi connectivity index (χ0v) is 18.5. The fraction of sp³-hybridized carbons (Fsp3) is 0.950. The van der Waals surface area contributed by atoms with Crippen LogP contribution in [0.25, 0.3) is 0 Å². The van der Waals surface area contributed by atoms with Gasteiger partial charge in [0.05, 0.1) is 12.7 Å². The highest BCUT2D eigenvalue weighted by atomic mass is 35.5. The number of likely N-dealkylation sites (tertiary alicyclic amines) is 2. The normalized spacial score (nSPS) is 25.5. The van der Waals surface area contributed by atoms with E-state index >= 15 is 0 Å². The van der Waals surface area contributed by atoms with Gasteiger partial charge in [0, 0.05) is 26.1 Å². The Hall–Kier alpha value is -0.0700. The van der Waals surface area contributed by atoms with Crippen LogP contribution in [-0.2, 0) is 9.53 Å². The molecule has 1 amide bonds. The summed E-state index contributed by atoms with van der Waals surface area (Å²) >= 11 is 0. The third-order valence-electron chi connectivity index (χ3n) is 6.39. The molecule has 3 heterocycles. The molecule has 1 N–H and O–H groups in total. The van der Waals surface area contributed by atoms with Crippen LogP contribution >= 0.6 is 24.8 Å². The van der Waals surface area contributed by atoms with Crippen LogP contribution < -0.4 is 5.32 Å². The Morgan fingerprint density at radius 2 is 1.78 bits per heavy atom. The van der Waals surface area contributed by atoms with Gasteiger partial charge in [0.25, 0.3) is 0 Å². The summed E-state index contributed by atoms with van der Waals surface area (Å²) in [5, 5.41) is 3.47. The second-order valence-corrected chi connectivity index (χ2v) is 8.29. The van der Waals surface area contributed by atoms with Gasteiger partial charge in [-0.3, -0.25) is 4.79 Å². The van der Waals surface area contributed by atoms with Crippen molar-refractivity contribution in [1.29, 1.82) is 0 Å². The molecular weight excluding hydrogens is 385 g/mol. The summed E-state index contributed by atoms with van der Waals surface area (Å²) in [5.41, 5.74) is 0. The van der Waals surface area contributed by atoms with E-state index in [9.17, 15) is 4.79 Å². The molecule has 2 unspecified atom stereocenters. The maximum Gasteiger partial charge on any atom is 0.222 e. The summed E-state index contributed by atoms with van der Waals surface area (Å²) < 4.78 is 6.06. The van der Waals surface area contributed by atoms with Crippen molar-refractivity contribution in [3.8, 4) is 0 Å². The lowest BCUT2D eigenvalue weighted by Crippen LogP contribution is -2.43. The highest BCUT2D eigenvalue weighted by molar-refractivity contribution is 5.85. The third-order valence-corrected chi connectivity index (χ3v) is 6.39. The standard InChI is InChI=1S/C20H37N3O2.2ClH/c1-17(18-5-4-8-21-16-18)15-20(24)23-11-6-19(7-12-23)25-14-13-22-9-2-3-10-22;;/h17-19,21H,2-16H2,1H3;2*1H. The number of rotatable bonds is 7. The Morgan fingerprint density at radius 1 is 1.07 bits per heavy atom. The maximum absolute atomic E-state index is 12.6. The van der Waals surface area contributed by atoms with Gasteiger partial charge in [-0.2, -0.15) is 0 Å². The third kappa shape index (κ3) is 8.06. The number of hydrogen-bond acceptors (Lipinski definition) is 4. The van der Waals surface area contributed by atoms with Crippen LogP contribution in [-0.4, -0.2) is 74.2 Å². The summed E-state index contributed by atoms with van der Waals surface area (Å²) in [6.45, 7) is 10.6. The van der Waals surface area contributed by atoms with Gasteiger partial charge >= 0.3 is 0 Å². The monoisotopic (exact) mass is 423 g/mol. The number of hydrogen-bond donors (Lipinski definition) is 1. The summed E-state index contributed by atoms with van der Waals surface area (Å²) in [5.74, 6) is 1.52. The molecule has 2 atom stereocenters. The number of piperidine rings is 2. The Kier molecular flexibility index (Phi) is 12.2. The van der Waals surface area contributed by atoms with Gasteiger partial charge in [0.2, 0.25) is 5.91 Å². The summed E-state index contributed by atoms with van der Waals surface area (Å²) in [6, 6.07) is 0. The number of halogens is 2. The van der Waals surface area contributed by atoms with E-state index in [0.717, 1.165) is 52.2 Å². The van der Waals surface area contributed by atoms with E-state index in [1.165, 1.54) is 38.8 Å². The van der Waals surface area contributed by atoms with Crippen LogP contribution in [0.4, 0.5) is 0 Å². The fourth-order valence-electron chi connectivity index (χ4n) is 4.56. The second kappa shape index (κ2) is 13.2. The summed E-state index contributed by atoms with van der Waals surface area (Å²) in [4.78, 5) is 17.2. The van der Waals surface area contributed by atoms with E-state index in [4.69, 9.17) is 4.74 Å². The Bertz CT molecular complexity index is 408. The predicted octanol–water partition coefficient (Wildman–Crippen LogP) is 2.96. The molecule has 0 aromatic carbocycles. The number of nitrogens with zero attached hydrogens (tertiary/aromatic N) is 2. The first kappa shape index (κ1) is 25.0. The molecule has 0 aromatic heterocycles. The minimum atomic E-state index is 0. The molecule has 3 aliphatic heterocycles. The highest BCUT2D eigenvalue weighted by Crippen LogP contribution is 2.24. The van der Waals surface area contributed by atoms with Crippen molar-refractivity contribution >= 4 is 30.7 Å². The molecular formula is C20H39Cl2N3O2. The molecule has 0 aromatic rings. The van der Waals surface area contributed by atoms with Crippen LogP contribution in [0.2, 0.25) is 0 Å². The van der Waals surface area contributed by atoms with Crippen LogP contribution in [0.1, 0.15) is 51.9 Å². The van der Waals surface area contributed by atoms with Gasteiger partial charge in [0.15, 0.2) is 0 Å². The SMILES string of the molecule is CC(CC(=O)N1CCC(OCCN2CCCC2)CC1)C1CCCNC1.Cl.Cl. The Labute approximate surface area is 177 Å². The highest BCUT2D eigenvalue weighted by Gasteiger charge is 2.27. The van der Waals surface area contributed by atoms with Crippen LogP contribution in [0, 0.1) is 11.8 Å². The summed E-state index contributed by atoms with van der Waals surface area (Å²) in [7, 11) is 0. The number of ether oxygens (including phenoxy) is 1. The molecule has 3 aliphatic rings. The minimum Gasteiger partial charge on any atom is -0.377 e. The largest absolute Gasteiger partial charge is 0.377 e. The lowest BCUT2D eigenvalue weighted by molar-refractivity contribution is -0.135. The van der Waals surface area contributed by atoms with Gasteiger partial charge < -0.3 is 19.9 Å². The number of carbonyl (C=O) groups excluding carboxylic acids is 1. The number of nitrogens with one attached hydrogen (secondary N) is 1. The molecule has 3 fully saturated rings. The van der Waals surface area contributed by atoms with Crippen molar-refractivity contribution in [3.05, 3.63) is 0 Å². The van der Waals surface area contributed by atoms with E-state index < -0.39 is 0 Å². The number of carbonyl (C=O) groups is 1. The second-order valence-electron chi connectivity index (χ2n) is 8.29. The van der Waals surface area contributed by atoms with Gasteiger partial charge in [-0.05, 0) is 76.5 Å². The first-order valence-corrected chi connectivity index (χ1v) is 10.5. The van der Waals surface area contributed by atoms with E-state index in [0.29, 0.717) is 30.3 Å². The molecule has 0 aliphatic carbocycles. The average molecular weight is 424 g/mol. The lowest BCUT2D eigenvalue weighted by atomic mass is 9.85. The summed E-state index contributed by atoms with van der Waals surface area (Å²) in [6.07, 6.45) is 8.29. The lowest BCUT2D eigenvalue weighted by Gasteiger charge is -2.34. The molecule has 3 saturated heterocycles. The molecule has 0 radical (unpaired) electrons. The van der Waals surface area contributed by atoms with Gasteiger partial charge in [-0.25, -0.2) is 0 Å². The van der Waals surface area contributed by atoms with Crippen molar-refractivity contribution in [2.75, 3.05) is 52.4 Å². The average Bonchev–Trinajstić information content (AvgIpc) is 3.16. The van der Waals surface area contributed by atoms with Crippen molar-refractivity contribution in [1.82, 2.24) is 15.1 Å². The van der Waals surface area contributed by atoms with Crippen LogP contribution in [0.3, 0.4) is 0 Å². The zero-order valence-electron chi connectivity index (χ0n) is 16.9. The molecule has 0 bridgehead atoms. The van der Waals surface area contributed by atoms with Crippen molar-refractivity contribution in [3.63, 3.8) is 0 Å². The van der Waals surface area contributed by atoms with Gasteiger partial charge in [-0.15, -0.1) is 24.8 Å². The maximum atomic E-state index is 12.6. The quantitative estimate of drug-likeness (QED) is 0.683. The molecule has 5 nitrogen and oxygen atoms in total. The van der Waals surface area contributed by atoms with Crippen molar-refractivity contribution < 1.29 is 9.53 Å².